The highest BCUT2D eigenvalue weighted by molar-refractivity contribution is 7.44. The molecule has 0 fully saturated rings. The van der Waals surface area contributed by atoms with Crippen molar-refractivity contribution in [3.05, 3.63) is 83.4 Å². The number of pyridine rings is 1. The zero-order valence-corrected chi connectivity index (χ0v) is 18.4. The molecule has 0 aliphatic carbocycles. The molecule has 0 aliphatic rings. The number of rotatable bonds is 10. The van der Waals surface area contributed by atoms with Gasteiger partial charge in [0.15, 0.2) is 12.5 Å². The molecule has 3 heterocycles. The van der Waals surface area contributed by atoms with Gasteiger partial charge in [-0.25, -0.2) is 4.57 Å². The summed E-state index contributed by atoms with van der Waals surface area (Å²) in [7, 11) is -4.86. The second-order valence-electron chi connectivity index (χ2n) is 7.36. The molecule has 33 heavy (non-hydrogen) atoms. The van der Waals surface area contributed by atoms with E-state index in [0.29, 0.717) is 24.3 Å². The van der Waals surface area contributed by atoms with Gasteiger partial charge < -0.3 is 19.6 Å². The van der Waals surface area contributed by atoms with Gasteiger partial charge in [0, 0.05) is 37.5 Å². The molecule has 1 atom stereocenters. The number of benzene rings is 1. The molecule has 1 unspecified atom stereocenters. The summed E-state index contributed by atoms with van der Waals surface area (Å²) in [4.78, 5) is 19.6. The second-order valence-corrected chi connectivity index (χ2v) is 8.56. The van der Waals surface area contributed by atoms with E-state index in [0.717, 1.165) is 29.1 Å². The van der Waals surface area contributed by atoms with Crippen molar-refractivity contribution < 1.29 is 28.0 Å². The van der Waals surface area contributed by atoms with E-state index in [4.69, 9.17) is 15.2 Å². The van der Waals surface area contributed by atoms with E-state index in [9.17, 15) is 9.46 Å². The Morgan fingerprint density at radius 1 is 1.21 bits per heavy atom. The van der Waals surface area contributed by atoms with Crippen molar-refractivity contribution in [3.8, 4) is 11.3 Å². The number of phosphoric ester groups is 1. The lowest BCUT2D eigenvalue weighted by molar-refractivity contribution is -0.712. The number of anilines is 1. The standard InChI is InChI=1S/C21H23N6O5P/c22-21-19(2-1-9-27(21)14-31-33(28,29)30)20-11-18(26-32-20)10-15-3-5-16(6-4-15)12-23-13-17-7-8-24-25-17/h1-9,11,22-23H,10,12-14H2,(H3,24,25,28,29,30). The zero-order chi connectivity index (χ0) is 23.3. The Kier molecular flexibility index (Phi) is 6.97. The third-order valence-electron chi connectivity index (χ3n) is 4.91. The number of nitrogens with two attached hydrogens (primary N) is 1. The Morgan fingerprint density at radius 3 is 2.73 bits per heavy atom. The number of phosphoric acid groups is 1. The summed E-state index contributed by atoms with van der Waals surface area (Å²) in [5.74, 6) is 0.645. The normalized spacial score (nSPS) is 13.2. The van der Waals surface area contributed by atoms with Gasteiger partial charge in [-0.05, 0) is 29.3 Å². The molecule has 0 saturated carbocycles. The summed E-state index contributed by atoms with van der Waals surface area (Å²) in [6, 6.07) is 15.3. The fraction of sp³-hybridized carbons (Fsp3) is 0.190. The van der Waals surface area contributed by atoms with Crippen LogP contribution in [-0.4, -0.2) is 20.2 Å². The molecule has 3 aromatic heterocycles. The van der Waals surface area contributed by atoms with Crippen molar-refractivity contribution in [2.45, 2.75) is 26.2 Å². The first kappa shape index (κ1) is 22.8. The molecule has 0 radical (unpaired) electrons. The van der Waals surface area contributed by atoms with Gasteiger partial charge in [-0.15, -0.1) is 0 Å². The van der Waals surface area contributed by atoms with Crippen molar-refractivity contribution in [2.75, 3.05) is 5.73 Å². The van der Waals surface area contributed by atoms with Gasteiger partial charge in [0.1, 0.15) is 5.56 Å². The Bertz CT molecular complexity index is 1240. The zero-order valence-electron chi connectivity index (χ0n) is 17.5. The number of hydrogen-bond acceptors (Lipinski definition) is 8. The van der Waals surface area contributed by atoms with Crippen LogP contribution < -0.4 is 20.5 Å². The molecule has 0 spiro atoms. The van der Waals surface area contributed by atoms with Gasteiger partial charge >= 0.3 is 0 Å². The molecule has 12 heteroatoms. The first-order valence-electron chi connectivity index (χ1n) is 10.1. The smallest absolute Gasteiger partial charge is 0.285 e. The first-order valence-corrected chi connectivity index (χ1v) is 11.6. The summed E-state index contributed by atoms with van der Waals surface area (Å²) >= 11 is 0. The highest BCUT2D eigenvalue weighted by Crippen LogP contribution is 2.30. The molecule has 0 aliphatic heterocycles. The van der Waals surface area contributed by atoms with Gasteiger partial charge in [-0.3, -0.25) is 19.9 Å². The maximum atomic E-state index is 10.8. The minimum atomic E-state index is -4.86. The summed E-state index contributed by atoms with van der Waals surface area (Å²) in [5, 5.41) is 14.3. The number of aromatic nitrogens is 4. The Balaban J connectivity index is 1.37. The molecule has 5 N–H and O–H groups in total. The van der Waals surface area contributed by atoms with Crippen molar-refractivity contribution in [1.29, 1.82) is 0 Å². The van der Waals surface area contributed by atoms with Gasteiger partial charge in [0.05, 0.1) is 11.9 Å². The maximum absolute atomic E-state index is 10.8. The van der Waals surface area contributed by atoms with Crippen LogP contribution in [0.1, 0.15) is 22.5 Å². The van der Waals surface area contributed by atoms with Crippen molar-refractivity contribution in [2.24, 2.45) is 0 Å². The number of nitrogens with zero attached hydrogens (tertiary/aromatic N) is 3. The molecular weight excluding hydrogens is 447 g/mol. The fourth-order valence-electron chi connectivity index (χ4n) is 3.25. The minimum absolute atomic E-state index is 0.209. The predicted molar refractivity (Wildman–Crippen MR) is 116 cm³/mol. The van der Waals surface area contributed by atoms with Crippen LogP contribution in [0.3, 0.4) is 0 Å². The summed E-state index contributed by atoms with van der Waals surface area (Å²) in [6.45, 7) is 0.998. The monoisotopic (exact) mass is 470 g/mol. The lowest BCUT2D eigenvalue weighted by atomic mass is 10.1. The second kappa shape index (κ2) is 10.1. The quantitative estimate of drug-likeness (QED) is 0.197. The van der Waals surface area contributed by atoms with E-state index in [2.05, 4.69) is 37.3 Å². The topological polar surface area (TPSA) is 166 Å². The molecule has 1 aromatic carbocycles. The number of nitrogens with one attached hydrogen (secondary N) is 2. The Hall–Kier alpha value is -3.34. The number of hydrogen-bond donors (Lipinski definition) is 4. The first-order chi connectivity index (χ1) is 15.9. The van der Waals surface area contributed by atoms with Crippen LogP contribution in [0.15, 0.2) is 65.4 Å². The fourth-order valence-corrected chi connectivity index (χ4v) is 3.52. The highest BCUT2D eigenvalue weighted by atomic mass is 31.2. The summed E-state index contributed by atoms with van der Waals surface area (Å²) in [6.07, 6.45) is 3.83. The third kappa shape index (κ3) is 6.35. The van der Waals surface area contributed by atoms with Crippen molar-refractivity contribution in [3.63, 3.8) is 0 Å². The molecule has 4 rings (SSSR count). The van der Waals surface area contributed by atoms with Gasteiger partial charge in [0.25, 0.3) is 13.6 Å². The molecule has 0 saturated heterocycles. The summed E-state index contributed by atoms with van der Waals surface area (Å²) < 4.78 is 22.0. The molecule has 0 bridgehead atoms. The van der Waals surface area contributed by atoms with Crippen molar-refractivity contribution >= 4 is 13.6 Å². The third-order valence-corrected chi connectivity index (χ3v) is 5.35. The van der Waals surface area contributed by atoms with Crippen LogP contribution in [0.25, 0.3) is 11.3 Å². The van der Waals surface area contributed by atoms with E-state index in [1.165, 1.54) is 10.8 Å². The largest absolute Gasteiger partial charge is 0.756 e. The highest BCUT2D eigenvalue weighted by Gasteiger charge is 2.18. The molecule has 0 amide bonds. The van der Waals surface area contributed by atoms with E-state index >= 15 is 0 Å². The minimum Gasteiger partial charge on any atom is -0.756 e. The van der Waals surface area contributed by atoms with Crippen LogP contribution in [0.4, 0.5) is 5.82 Å². The molecular formula is C21H23N6O5P. The van der Waals surface area contributed by atoms with E-state index in [1.54, 1.807) is 24.4 Å². The van der Waals surface area contributed by atoms with Crippen LogP contribution in [0.5, 0.6) is 0 Å². The van der Waals surface area contributed by atoms with Crippen LogP contribution in [0.2, 0.25) is 0 Å². The Labute approximate surface area is 189 Å². The van der Waals surface area contributed by atoms with Crippen molar-refractivity contribution in [1.82, 2.24) is 20.7 Å². The molecule has 4 aromatic rings. The number of aromatic amines is 1. The lowest BCUT2D eigenvalue weighted by Gasteiger charge is -2.14. The van der Waals surface area contributed by atoms with Gasteiger partial charge in [0.2, 0.25) is 0 Å². The average molecular weight is 470 g/mol. The van der Waals surface area contributed by atoms with E-state index < -0.39 is 14.6 Å². The Morgan fingerprint density at radius 2 is 2.00 bits per heavy atom. The molecule has 11 nitrogen and oxygen atoms in total. The SMILES string of the molecule is Nc1c(-c2cc(Cc3ccc(CNCc4ccn[nH]4)cc3)no2)ccc[n+]1COP(=O)([O-])O. The van der Waals surface area contributed by atoms with Gasteiger partial charge in [-0.2, -0.15) is 5.10 Å². The van der Waals surface area contributed by atoms with Gasteiger partial charge in [-0.1, -0.05) is 29.4 Å². The van der Waals surface area contributed by atoms with E-state index in [-0.39, 0.29) is 5.82 Å². The lowest BCUT2D eigenvalue weighted by Crippen LogP contribution is -2.38. The average Bonchev–Trinajstić information content (AvgIpc) is 3.46. The number of nitrogen functional groups attached to an aromatic ring is 1. The number of H-pyrrole nitrogens is 1. The van der Waals surface area contributed by atoms with Crippen LogP contribution in [-0.2, 0) is 35.3 Å². The predicted octanol–water partition coefficient (Wildman–Crippen LogP) is 1.25. The molecule has 172 valence electrons. The van der Waals surface area contributed by atoms with Crippen LogP contribution in [0, 0.1) is 0 Å². The van der Waals surface area contributed by atoms with E-state index in [1.807, 2.05) is 18.2 Å². The maximum Gasteiger partial charge on any atom is 0.285 e. The van der Waals surface area contributed by atoms with Crippen LogP contribution >= 0.6 is 7.82 Å². The summed E-state index contributed by atoms with van der Waals surface area (Å²) in [5.41, 5.74) is 10.6.